The van der Waals surface area contributed by atoms with E-state index in [0.717, 1.165) is 11.4 Å². The number of halogens is 2. The summed E-state index contributed by atoms with van der Waals surface area (Å²) in [6.07, 6.45) is -2.25. The Labute approximate surface area is 106 Å². The fourth-order valence-electron chi connectivity index (χ4n) is 1.23. The van der Waals surface area contributed by atoms with Crippen molar-refractivity contribution in [2.24, 2.45) is 0 Å². The van der Waals surface area contributed by atoms with Crippen LogP contribution in [0.25, 0.3) is 0 Å². The summed E-state index contributed by atoms with van der Waals surface area (Å²) in [5.41, 5.74) is 1.25. The van der Waals surface area contributed by atoms with Gasteiger partial charge < -0.3 is 5.32 Å². The molecule has 0 fully saturated rings. The lowest BCUT2D eigenvalue weighted by atomic mass is 10.1. The Balaban J connectivity index is 2.45. The smallest absolute Gasteiger partial charge is 0.247 e. The minimum atomic E-state index is -2.25. The van der Waals surface area contributed by atoms with Crippen LogP contribution in [0.2, 0.25) is 0 Å². The zero-order valence-electron chi connectivity index (χ0n) is 10.5. The van der Waals surface area contributed by atoms with Crippen molar-refractivity contribution in [2.75, 3.05) is 5.75 Å². The van der Waals surface area contributed by atoms with Crippen LogP contribution in [0.3, 0.4) is 0 Å². The summed E-state index contributed by atoms with van der Waals surface area (Å²) < 4.78 is 24.0. The quantitative estimate of drug-likeness (QED) is 0.804. The summed E-state index contributed by atoms with van der Waals surface area (Å²) in [4.78, 5) is 0.893. The highest BCUT2D eigenvalue weighted by Crippen LogP contribution is 2.20. The number of hydrogen-bond donors (Lipinski definition) is 1. The highest BCUT2D eigenvalue weighted by atomic mass is 32.2. The molecule has 1 rings (SSSR count). The van der Waals surface area contributed by atoms with E-state index in [-0.39, 0.29) is 11.3 Å². The number of alkyl halides is 2. The average Bonchev–Trinajstić information content (AvgIpc) is 2.24. The molecule has 0 aliphatic rings. The molecule has 0 saturated heterocycles. The Morgan fingerprint density at radius 3 is 2.24 bits per heavy atom. The van der Waals surface area contributed by atoms with Gasteiger partial charge in [0.1, 0.15) is 0 Å². The molecule has 0 atom stereocenters. The summed E-state index contributed by atoms with van der Waals surface area (Å²) in [7, 11) is 0. The van der Waals surface area contributed by atoms with E-state index in [9.17, 15) is 8.78 Å². The highest BCUT2D eigenvalue weighted by Gasteiger charge is 2.08. The van der Waals surface area contributed by atoms with Crippen LogP contribution in [0.5, 0.6) is 0 Å². The van der Waals surface area contributed by atoms with Crippen molar-refractivity contribution in [3.8, 4) is 0 Å². The summed E-state index contributed by atoms with van der Waals surface area (Å²) in [5.74, 6) is -0.139. The zero-order chi connectivity index (χ0) is 12.9. The van der Waals surface area contributed by atoms with Crippen molar-refractivity contribution in [3.63, 3.8) is 0 Å². The number of nitrogens with one attached hydrogen (secondary N) is 1. The fraction of sp³-hybridized carbons (Fsp3) is 0.538. The summed E-state index contributed by atoms with van der Waals surface area (Å²) in [6.45, 7) is 7.13. The lowest BCUT2D eigenvalue weighted by molar-refractivity contribution is 0.177. The summed E-state index contributed by atoms with van der Waals surface area (Å²) in [5, 5.41) is 3.38. The number of thioether (sulfide) groups is 1. The molecule has 0 heterocycles. The second-order valence-corrected chi connectivity index (χ2v) is 6.04. The minimum Gasteiger partial charge on any atom is -0.308 e. The maximum atomic E-state index is 12.0. The molecular formula is C13H19F2NS. The van der Waals surface area contributed by atoms with Crippen LogP contribution in [-0.2, 0) is 6.54 Å². The first-order valence-electron chi connectivity index (χ1n) is 5.62. The van der Waals surface area contributed by atoms with E-state index in [0.29, 0.717) is 0 Å². The highest BCUT2D eigenvalue weighted by molar-refractivity contribution is 7.99. The van der Waals surface area contributed by atoms with Crippen LogP contribution in [0.15, 0.2) is 29.2 Å². The van der Waals surface area contributed by atoms with Crippen molar-refractivity contribution in [1.82, 2.24) is 5.32 Å². The molecule has 0 aliphatic heterocycles. The fourth-order valence-corrected chi connectivity index (χ4v) is 1.88. The number of benzene rings is 1. The molecule has 0 saturated carbocycles. The first-order valence-corrected chi connectivity index (χ1v) is 6.60. The van der Waals surface area contributed by atoms with Crippen molar-refractivity contribution in [1.29, 1.82) is 0 Å². The third-order valence-corrected chi connectivity index (χ3v) is 3.15. The first kappa shape index (κ1) is 14.5. The van der Waals surface area contributed by atoms with E-state index in [1.165, 1.54) is 17.3 Å². The Morgan fingerprint density at radius 2 is 1.76 bits per heavy atom. The van der Waals surface area contributed by atoms with Gasteiger partial charge >= 0.3 is 0 Å². The maximum absolute atomic E-state index is 12.0. The molecular weight excluding hydrogens is 240 g/mol. The third kappa shape index (κ3) is 6.64. The van der Waals surface area contributed by atoms with E-state index < -0.39 is 6.43 Å². The Morgan fingerprint density at radius 1 is 1.18 bits per heavy atom. The van der Waals surface area contributed by atoms with Crippen LogP contribution >= 0.6 is 11.8 Å². The van der Waals surface area contributed by atoms with Gasteiger partial charge in [-0.3, -0.25) is 0 Å². The monoisotopic (exact) mass is 259 g/mol. The Bertz CT molecular complexity index is 330. The topological polar surface area (TPSA) is 12.0 Å². The standard InChI is InChI=1S/C13H19F2NS/c1-13(2,3)16-8-10-4-6-11(7-5-10)17-9-12(14)15/h4-7,12,16H,8-9H2,1-3H3. The van der Waals surface area contributed by atoms with E-state index in [2.05, 4.69) is 26.1 Å². The van der Waals surface area contributed by atoms with E-state index in [4.69, 9.17) is 0 Å². The van der Waals surface area contributed by atoms with Gasteiger partial charge in [-0.1, -0.05) is 12.1 Å². The number of rotatable bonds is 5. The second kappa shape index (κ2) is 6.36. The molecule has 0 spiro atoms. The molecule has 0 aromatic heterocycles. The molecule has 1 nitrogen and oxygen atoms in total. The normalized spacial score (nSPS) is 12.1. The number of hydrogen-bond acceptors (Lipinski definition) is 2. The molecule has 0 aliphatic carbocycles. The molecule has 96 valence electrons. The van der Waals surface area contributed by atoms with Crippen molar-refractivity contribution < 1.29 is 8.78 Å². The van der Waals surface area contributed by atoms with Gasteiger partial charge in [-0.2, -0.15) is 0 Å². The molecule has 1 N–H and O–H groups in total. The second-order valence-electron chi connectivity index (χ2n) is 4.95. The Kier molecular flexibility index (Phi) is 5.40. The molecule has 0 bridgehead atoms. The van der Waals surface area contributed by atoms with Gasteiger partial charge in [0.2, 0.25) is 6.43 Å². The van der Waals surface area contributed by atoms with Crippen LogP contribution < -0.4 is 5.32 Å². The van der Waals surface area contributed by atoms with Crippen LogP contribution in [0, 0.1) is 0 Å². The lowest BCUT2D eigenvalue weighted by Crippen LogP contribution is -2.35. The zero-order valence-corrected chi connectivity index (χ0v) is 11.3. The lowest BCUT2D eigenvalue weighted by Gasteiger charge is -2.20. The van der Waals surface area contributed by atoms with Gasteiger partial charge in [-0.15, -0.1) is 11.8 Å². The molecule has 0 unspecified atom stereocenters. The predicted molar refractivity (Wildman–Crippen MR) is 69.8 cm³/mol. The molecule has 0 amide bonds. The molecule has 17 heavy (non-hydrogen) atoms. The van der Waals surface area contributed by atoms with Crippen molar-refractivity contribution in [2.45, 2.75) is 44.2 Å². The van der Waals surface area contributed by atoms with E-state index in [1.807, 2.05) is 24.3 Å². The molecule has 1 aromatic carbocycles. The Hall–Kier alpha value is -0.610. The molecule has 0 radical (unpaired) electrons. The molecule has 4 heteroatoms. The van der Waals surface area contributed by atoms with Crippen molar-refractivity contribution >= 4 is 11.8 Å². The maximum Gasteiger partial charge on any atom is 0.247 e. The first-order chi connectivity index (χ1) is 7.87. The largest absolute Gasteiger partial charge is 0.308 e. The summed E-state index contributed by atoms with van der Waals surface area (Å²) in [6, 6.07) is 7.75. The van der Waals surface area contributed by atoms with Gasteiger partial charge in [-0.25, -0.2) is 8.78 Å². The van der Waals surface area contributed by atoms with Gasteiger partial charge in [0.05, 0.1) is 5.75 Å². The van der Waals surface area contributed by atoms with Gasteiger partial charge in [0.15, 0.2) is 0 Å². The average molecular weight is 259 g/mol. The van der Waals surface area contributed by atoms with Crippen LogP contribution in [0.4, 0.5) is 8.78 Å². The van der Waals surface area contributed by atoms with E-state index >= 15 is 0 Å². The van der Waals surface area contributed by atoms with Gasteiger partial charge in [0, 0.05) is 17.0 Å². The van der Waals surface area contributed by atoms with Gasteiger partial charge in [-0.05, 0) is 38.5 Å². The summed E-state index contributed by atoms with van der Waals surface area (Å²) >= 11 is 1.19. The van der Waals surface area contributed by atoms with Crippen molar-refractivity contribution in [3.05, 3.63) is 29.8 Å². The van der Waals surface area contributed by atoms with Crippen LogP contribution in [-0.4, -0.2) is 17.7 Å². The predicted octanol–water partition coefficient (Wildman–Crippen LogP) is 3.93. The molecule has 1 aromatic rings. The van der Waals surface area contributed by atoms with E-state index in [1.54, 1.807) is 0 Å². The van der Waals surface area contributed by atoms with Gasteiger partial charge in [0.25, 0.3) is 0 Å². The SMILES string of the molecule is CC(C)(C)NCc1ccc(SCC(F)F)cc1. The third-order valence-electron chi connectivity index (χ3n) is 2.12. The van der Waals surface area contributed by atoms with Crippen LogP contribution in [0.1, 0.15) is 26.3 Å². The minimum absolute atomic E-state index is 0.0864.